The van der Waals surface area contributed by atoms with Crippen LogP contribution in [0.2, 0.25) is 0 Å². The second kappa shape index (κ2) is 10.2. The van der Waals surface area contributed by atoms with Gasteiger partial charge in [-0.15, -0.1) is 11.8 Å². The van der Waals surface area contributed by atoms with Crippen LogP contribution < -0.4 is 11.1 Å². The highest BCUT2D eigenvalue weighted by atomic mass is 32.2. The number of piperidine rings is 1. The van der Waals surface area contributed by atoms with Crippen molar-refractivity contribution in [1.29, 1.82) is 0 Å². The first-order valence-corrected chi connectivity index (χ1v) is 11.4. The van der Waals surface area contributed by atoms with Gasteiger partial charge in [0, 0.05) is 24.5 Å². The molecule has 0 bridgehead atoms. The van der Waals surface area contributed by atoms with Crippen LogP contribution in [0.4, 0.5) is 5.69 Å². The van der Waals surface area contributed by atoms with E-state index in [0.717, 1.165) is 32.1 Å². The van der Waals surface area contributed by atoms with E-state index in [2.05, 4.69) is 40.7 Å². The molecule has 144 valence electrons. The van der Waals surface area contributed by atoms with Crippen LogP contribution in [0.5, 0.6) is 0 Å². The Hall–Kier alpha value is -1.20. The molecule has 0 radical (unpaired) electrons. The monoisotopic (exact) mass is 374 g/mol. The molecule has 1 aliphatic heterocycles. The highest BCUT2D eigenvalue weighted by Crippen LogP contribution is 2.29. The lowest BCUT2D eigenvalue weighted by Gasteiger charge is -2.32. The van der Waals surface area contributed by atoms with Crippen molar-refractivity contribution in [1.82, 2.24) is 4.90 Å². The van der Waals surface area contributed by atoms with Gasteiger partial charge < -0.3 is 16.0 Å². The van der Waals surface area contributed by atoms with Gasteiger partial charge in [-0.1, -0.05) is 18.6 Å². The molecule has 0 amide bonds. The smallest absolute Gasteiger partial charge is 0.198 e. The normalized spacial score (nSPS) is 24.5. The van der Waals surface area contributed by atoms with Gasteiger partial charge in [0.15, 0.2) is 5.96 Å². The number of aliphatic imine (C=N–C) groups is 1. The first-order chi connectivity index (χ1) is 12.8. The van der Waals surface area contributed by atoms with Gasteiger partial charge >= 0.3 is 0 Å². The zero-order valence-corrected chi connectivity index (χ0v) is 16.9. The molecule has 1 aromatic rings. The standard InChI is InChI=1S/C21H34N4S/c1-26-20-11-4-3-10-19(20)24-21(25-12-5-2-6-13-25)23-16-18-9-7-8-17(14-18)15-22/h3-4,10-11,17-18H,2,5-9,12-16,22H2,1H3,(H,23,24). The molecule has 4 nitrogen and oxygen atoms in total. The van der Waals surface area contributed by atoms with Crippen molar-refractivity contribution < 1.29 is 0 Å². The summed E-state index contributed by atoms with van der Waals surface area (Å²) in [5, 5.41) is 3.66. The molecule has 1 aromatic carbocycles. The van der Waals surface area contributed by atoms with Crippen molar-refractivity contribution in [2.45, 2.75) is 49.8 Å². The van der Waals surface area contributed by atoms with Crippen LogP contribution >= 0.6 is 11.8 Å². The van der Waals surface area contributed by atoms with Gasteiger partial charge in [0.25, 0.3) is 0 Å². The third kappa shape index (κ3) is 5.40. The molecule has 0 spiro atoms. The highest BCUT2D eigenvalue weighted by Gasteiger charge is 2.22. The molecule has 2 fully saturated rings. The van der Waals surface area contributed by atoms with Crippen LogP contribution in [0.3, 0.4) is 0 Å². The molecule has 5 heteroatoms. The van der Waals surface area contributed by atoms with Crippen LogP contribution in [0.15, 0.2) is 34.2 Å². The number of guanidine groups is 1. The number of benzene rings is 1. The molecule has 2 unspecified atom stereocenters. The number of rotatable bonds is 5. The van der Waals surface area contributed by atoms with Gasteiger partial charge in [0.1, 0.15) is 0 Å². The van der Waals surface area contributed by atoms with Crippen LogP contribution in [0.1, 0.15) is 44.9 Å². The van der Waals surface area contributed by atoms with E-state index >= 15 is 0 Å². The van der Waals surface area contributed by atoms with Crippen molar-refractivity contribution in [3.05, 3.63) is 24.3 Å². The Morgan fingerprint density at radius 3 is 2.69 bits per heavy atom. The molecule has 1 saturated carbocycles. The average Bonchev–Trinajstić information content (AvgIpc) is 2.72. The lowest BCUT2D eigenvalue weighted by Crippen LogP contribution is -2.40. The minimum atomic E-state index is 0.690. The molecule has 1 heterocycles. The summed E-state index contributed by atoms with van der Waals surface area (Å²) >= 11 is 1.78. The number of anilines is 1. The Morgan fingerprint density at radius 1 is 1.15 bits per heavy atom. The Labute approximate surface area is 163 Å². The molecule has 1 saturated heterocycles. The summed E-state index contributed by atoms with van der Waals surface area (Å²) in [4.78, 5) is 8.82. The maximum absolute atomic E-state index is 5.91. The van der Waals surface area contributed by atoms with E-state index in [4.69, 9.17) is 10.7 Å². The van der Waals surface area contributed by atoms with E-state index in [9.17, 15) is 0 Å². The number of nitrogens with two attached hydrogens (primary N) is 1. The van der Waals surface area contributed by atoms with Gasteiger partial charge in [0.05, 0.1) is 5.69 Å². The van der Waals surface area contributed by atoms with Crippen LogP contribution in [0.25, 0.3) is 0 Å². The maximum atomic E-state index is 5.91. The summed E-state index contributed by atoms with van der Waals surface area (Å²) in [6.07, 6.45) is 11.2. The molecule has 2 aliphatic rings. The zero-order chi connectivity index (χ0) is 18.2. The molecular formula is C21H34N4S. The lowest BCUT2D eigenvalue weighted by atomic mass is 9.81. The van der Waals surface area contributed by atoms with Crippen molar-refractivity contribution in [2.24, 2.45) is 22.6 Å². The molecule has 3 N–H and O–H groups in total. The summed E-state index contributed by atoms with van der Waals surface area (Å²) < 4.78 is 0. The fraction of sp³-hybridized carbons (Fsp3) is 0.667. The minimum absolute atomic E-state index is 0.690. The Morgan fingerprint density at radius 2 is 1.92 bits per heavy atom. The number of hydrogen-bond donors (Lipinski definition) is 2. The van der Waals surface area contributed by atoms with E-state index < -0.39 is 0 Å². The van der Waals surface area contributed by atoms with E-state index in [-0.39, 0.29) is 0 Å². The second-order valence-corrected chi connectivity index (χ2v) is 8.52. The van der Waals surface area contributed by atoms with Crippen LogP contribution in [0, 0.1) is 11.8 Å². The fourth-order valence-corrected chi connectivity index (χ4v) is 4.74. The van der Waals surface area contributed by atoms with Gasteiger partial charge in [-0.3, -0.25) is 4.99 Å². The largest absolute Gasteiger partial charge is 0.343 e. The Bertz CT molecular complexity index is 583. The van der Waals surface area contributed by atoms with Gasteiger partial charge in [-0.2, -0.15) is 0 Å². The predicted molar refractivity (Wildman–Crippen MR) is 114 cm³/mol. The zero-order valence-electron chi connectivity index (χ0n) is 16.1. The molecule has 0 aromatic heterocycles. The van der Waals surface area contributed by atoms with Crippen LogP contribution in [-0.2, 0) is 0 Å². The number of thioether (sulfide) groups is 1. The van der Waals surface area contributed by atoms with E-state index in [1.165, 1.54) is 55.5 Å². The van der Waals surface area contributed by atoms with E-state index in [0.29, 0.717) is 11.8 Å². The molecule has 2 atom stereocenters. The number of hydrogen-bond acceptors (Lipinski definition) is 3. The third-order valence-electron chi connectivity index (χ3n) is 5.73. The van der Waals surface area contributed by atoms with E-state index in [1.54, 1.807) is 11.8 Å². The SMILES string of the molecule is CSc1ccccc1NC(=NCC1CCCC(CN)C1)N1CCCCC1. The first-order valence-electron chi connectivity index (χ1n) is 10.2. The molecule has 1 aliphatic carbocycles. The van der Waals surface area contributed by atoms with Gasteiger partial charge in [0.2, 0.25) is 0 Å². The third-order valence-corrected chi connectivity index (χ3v) is 6.53. The van der Waals surface area contributed by atoms with E-state index in [1.807, 2.05) is 0 Å². The average molecular weight is 375 g/mol. The topological polar surface area (TPSA) is 53.6 Å². The number of para-hydroxylation sites is 1. The summed E-state index contributed by atoms with van der Waals surface area (Å²) in [5.41, 5.74) is 7.09. The molecule has 3 rings (SSSR count). The summed E-state index contributed by atoms with van der Waals surface area (Å²) in [6.45, 7) is 3.99. The predicted octanol–water partition coefficient (Wildman–Crippen LogP) is 4.43. The number of nitrogens with zero attached hydrogens (tertiary/aromatic N) is 2. The van der Waals surface area contributed by atoms with Gasteiger partial charge in [-0.25, -0.2) is 0 Å². The van der Waals surface area contributed by atoms with Crippen molar-refractivity contribution >= 4 is 23.4 Å². The van der Waals surface area contributed by atoms with Crippen molar-refractivity contribution in [3.63, 3.8) is 0 Å². The van der Waals surface area contributed by atoms with Crippen molar-refractivity contribution in [2.75, 3.05) is 37.8 Å². The quantitative estimate of drug-likeness (QED) is 0.455. The summed E-state index contributed by atoms with van der Waals surface area (Å²) in [6, 6.07) is 8.54. The highest BCUT2D eigenvalue weighted by molar-refractivity contribution is 7.98. The summed E-state index contributed by atoms with van der Waals surface area (Å²) in [5.74, 6) is 2.46. The lowest BCUT2D eigenvalue weighted by molar-refractivity contribution is 0.276. The summed E-state index contributed by atoms with van der Waals surface area (Å²) in [7, 11) is 0. The maximum Gasteiger partial charge on any atom is 0.198 e. The minimum Gasteiger partial charge on any atom is -0.343 e. The van der Waals surface area contributed by atoms with Gasteiger partial charge in [-0.05, 0) is 75.3 Å². The molecule has 26 heavy (non-hydrogen) atoms. The Kier molecular flexibility index (Phi) is 7.69. The number of likely N-dealkylation sites (tertiary alicyclic amines) is 1. The second-order valence-electron chi connectivity index (χ2n) is 7.67. The first kappa shape index (κ1) is 19.6. The van der Waals surface area contributed by atoms with Crippen molar-refractivity contribution in [3.8, 4) is 0 Å². The molecular weight excluding hydrogens is 340 g/mol. The number of nitrogens with one attached hydrogen (secondary N) is 1. The Balaban J connectivity index is 1.72. The van der Waals surface area contributed by atoms with Crippen LogP contribution in [-0.4, -0.2) is 43.3 Å². The fourth-order valence-electron chi connectivity index (χ4n) is 4.19.